The zero-order valence-corrected chi connectivity index (χ0v) is 13.7. The van der Waals surface area contributed by atoms with E-state index in [0.717, 1.165) is 0 Å². The van der Waals surface area contributed by atoms with E-state index in [9.17, 15) is 0 Å². The first-order chi connectivity index (χ1) is 10.4. The Labute approximate surface area is 131 Å². The summed E-state index contributed by atoms with van der Waals surface area (Å²) in [5.74, 6) is 0. The number of hydrogen-bond acceptors (Lipinski definition) is 0. The molecule has 0 atom stereocenters. The van der Waals surface area contributed by atoms with Crippen LogP contribution in [0.2, 0.25) is 0 Å². The molecule has 0 aliphatic carbocycles. The molecule has 0 N–H and O–H groups in total. The van der Waals surface area contributed by atoms with Crippen LogP contribution < -0.4 is 0 Å². The molecule has 0 heterocycles. The normalized spacial score (nSPS) is 9.81. The zero-order valence-electron chi connectivity index (χ0n) is 13.7. The topological polar surface area (TPSA) is 0 Å². The minimum atomic E-state index is 1.23. The van der Waals surface area contributed by atoms with Crippen molar-refractivity contribution in [3.8, 4) is 0 Å². The van der Waals surface area contributed by atoms with Gasteiger partial charge in [-0.15, -0.1) is 0 Å². The van der Waals surface area contributed by atoms with Crippen LogP contribution >= 0.6 is 0 Å². The summed E-state index contributed by atoms with van der Waals surface area (Å²) in [7, 11) is 0. The predicted octanol–water partition coefficient (Wildman–Crippen LogP) is 6.45. The van der Waals surface area contributed by atoms with Gasteiger partial charge >= 0.3 is 0 Å². The van der Waals surface area contributed by atoms with Crippen LogP contribution in [0.5, 0.6) is 0 Å². The van der Waals surface area contributed by atoms with Crippen molar-refractivity contribution in [1.82, 2.24) is 0 Å². The highest BCUT2D eigenvalue weighted by atomic mass is 14.0. The molecule has 0 aromatic heterocycles. The summed E-state index contributed by atoms with van der Waals surface area (Å²) in [6.07, 6.45) is 9.08. The van der Waals surface area contributed by atoms with Gasteiger partial charge in [-0.1, -0.05) is 93.8 Å². The van der Waals surface area contributed by atoms with E-state index in [2.05, 4.69) is 74.5 Å². The Bertz CT molecular complexity index is 430. The molecular weight excluding hydrogens is 252 g/mol. The average molecular weight is 282 g/mol. The fourth-order valence-corrected chi connectivity index (χ4v) is 2.25. The van der Waals surface area contributed by atoms with Crippen LogP contribution in [0, 0.1) is 0 Å². The molecule has 0 spiro atoms. The van der Waals surface area contributed by atoms with E-state index in [1.165, 1.54) is 56.1 Å². The van der Waals surface area contributed by atoms with Crippen LogP contribution in [0.15, 0.2) is 60.7 Å². The van der Waals surface area contributed by atoms with Gasteiger partial charge in [0.05, 0.1) is 0 Å². The fraction of sp³-hybridized carbons (Fsp3) is 0.429. The number of hydrogen-bond donors (Lipinski definition) is 0. The predicted molar refractivity (Wildman–Crippen MR) is 94.7 cm³/mol. The van der Waals surface area contributed by atoms with Crippen LogP contribution in [0.4, 0.5) is 0 Å². The number of aryl methyl sites for hydroxylation is 2. The van der Waals surface area contributed by atoms with E-state index in [0.29, 0.717) is 0 Å². The van der Waals surface area contributed by atoms with Crippen LogP contribution in [-0.4, -0.2) is 0 Å². The first-order valence-electron chi connectivity index (χ1n) is 8.44. The molecule has 0 saturated heterocycles. The molecule has 2 aromatic rings. The van der Waals surface area contributed by atoms with Crippen LogP contribution in [0.1, 0.15) is 57.1 Å². The molecule has 2 rings (SSSR count). The molecule has 114 valence electrons. The van der Waals surface area contributed by atoms with Crippen molar-refractivity contribution in [2.75, 3.05) is 0 Å². The van der Waals surface area contributed by atoms with Gasteiger partial charge in [0, 0.05) is 0 Å². The lowest BCUT2D eigenvalue weighted by atomic mass is 10.1. The lowest BCUT2D eigenvalue weighted by Crippen LogP contribution is -1.83. The molecule has 2 aromatic carbocycles. The molecule has 0 unspecified atom stereocenters. The van der Waals surface area contributed by atoms with Gasteiger partial charge < -0.3 is 0 Å². The van der Waals surface area contributed by atoms with Crippen LogP contribution in [0.3, 0.4) is 0 Å². The number of benzene rings is 2. The van der Waals surface area contributed by atoms with Crippen molar-refractivity contribution in [2.24, 2.45) is 0 Å². The standard InChI is InChI=1S/C11H16.C10H14/c1-2-3-5-8-11-9-6-4-7-10-11;1-2-3-7-10-8-5-4-6-9-10/h4,6-7,9-10H,2-3,5,8H2,1H3;4-6,8-9H,2-3,7H2,1H3. The third-order valence-electron chi connectivity index (χ3n) is 3.57. The Hall–Kier alpha value is -1.56. The Balaban J connectivity index is 0.000000211. The molecule has 0 bridgehead atoms. The minimum absolute atomic E-state index is 1.23. The van der Waals surface area contributed by atoms with Gasteiger partial charge in [-0.2, -0.15) is 0 Å². The Kier molecular flexibility index (Phi) is 10.2. The lowest BCUT2D eigenvalue weighted by Gasteiger charge is -1.98. The lowest BCUT2D eigenvalue weighted by molar-refractivity contribution is 0.717. The highest BCUT2D eigenvalue weighted by molar-refractivity contribution is 5.15. The first-order valence-corrected chi connectivity index (χ1v) is 8.44. The largest absolute Gasteiger partial charge is 0.0654 e. The SMILES string of the molecule is CCCCCc1ccccc1.CCCCc1ccccc1. The van der Waals surface area contributed by atoms with Crippen LogP contribution in [0.25, 0.3) is 0 Å². The summed E-state index contributed by atoms with van der Waals surface area (Å²) in [4.78, 5) is 0. The zero-order chi connectivity index (χ0) is 15.2. The van der Waals surface area contributed by atoms with E-state index in [1.807, 2.05) is 0 Å². The van der Waals surface area contributed by atoms with Gasteiger partial charge in [0.15, 0.2) is 0 Å². The second kappa shape index (κ2) is 12.2. The van der Waals surface area contributed by atoms with E-state index in [-0.39, 0.29) is 0 Å². The van der Waals surface area contributed by atoms with Crippen molar-refractivity contribution in [3.63, 3.8) is 0 Å². The maximum absolute atomic E-state index is 2.24. The molecule has 0 aliphatic rings. The average Bonchev–Trinajstić information content (AvgIpc) is 2.56. The van der Waals surface area contributed by atoms with Crippen molar-refractivity contribution in [1.29, 1.82) is 0 Å². The molecule has 0 radical (unpaired) electrons. The van der Waals surface area contributed by atoms with E-state index in [4.69, 9.17) is 0 Å². The van der Waals surface area contributed by atoms with Gasteiger partial charge in [0.2, 0.25) is 0 Å². The van der Waals surface area contributed by atoms with Gasteiger partial charge in [0.1, 0.15) is 0 Å². The molecule has 0 fully saturated rings. The van der Waals surface area contributed by atoms with E-state index in [1.54, 1.807) is 0 Å². The Morgan fingerprint density at radius 3 is 1.38 bits per heavy atom. The molecule has 0 amide bonds. The van der Waals surface area contributed by atoms with Crippen molar-refractivity contribution >= 4 is 0 Å². The maximum Gasteiger partial charge on any atom is -0.0279 e. The number of rotatable bonds is 7. The second-order valence-corrected chi connectivity index (χ2v) is 5.53. The molecule has 0 nitrogen and oxygen atoms in total. The summed E-state index contributed by atoms with van der Waals surface area (Å²) in [5.41, 5.74) is 2.94. The van der Waals surface area contributed by atoms with Gasteiger partial charge in [0.25, 0.3) is 0 Å². The van der Waals surface area contributed by atoms with Gasteiger partial charge in [-0.05, 0) is 36.8 Å². The fourth-order valence-electron chi connectivity index (χ4n) is 2.25. The Morgan fingerprint density at radius 2 is 0.952 bits per heavy atom. The molecule has 0 saturated carbocycles. The van der Waals surface area contributed by atoms with Gasteiger partial charge in [-0.25, -0.2) is 0 Å². The van der Waals surface area contributed by atoms with E-state index < -0.39 is 0 Å². The highest BCUT2D eigenvalue weighted by Crippen LogP contribution is 2.05. The summed E-state index contributed by atoms with van der Waals surface area (Å²) >= 11 is 0. The van der Waals surface area contributed by atoms with Crippen LogP contribution in [-0.2, 0) is 12.8 Å². The third-order valence-corrected chi connectivity index (χ3v) is 3.57. The maximum atomic E-state index is 2.24. The Morgan fingerprint density at radius 1 is 0.524 bits per heavy atom. The number of unbranched alkanes of at least 4 members (excludes halogenated alkanes) is 3. The molecule has 0 aliphatic heterocycles. The van der Waals surface area contributed by atoms with E-state index >= 15 is 0 Å². The van der Waals surface area contributed by atoms with Crippen molar-refractivity contribution < 1.29 is 0 Å². The summed E-state index contributed by atoms with van der Waals surface area (Å²) in [5, 5.41) is 0. The molecular formula is C21H30. The first kappa shape index (κ1) is 17.5. The quantitative estimate of drug-likeness (QED) is 0.512. The second-order valence-electron chi connectivity index (χ2n) is 5.53. The monoisotopic (exact) mass is 282 g/mol. The molecule has 21 heavy (non-hydrogen) atoms. The highest BCUT2D eigenvalue weighted by Gasteiger charge is 1.89. The summed E-state index contributed by atoms with van der Waals surface area (Å²) in [6.45, 7) is 4.47. The summed E-state index contributed by atoms with van der Waals surface area (Å²) in [6, 6.07) is 21.4. The summed E-state index contributed by atoms with van der Waals surface area (Å²) < 4.78 is 0. The van der Waals surface area contributed by atoms with Crippen molar-refractivity contribution in [2.45, 2.75) is 58.8 Å². The third kappa shape index (κ3) is 9.07. The smallest absolute Gasteiger partial charge is 0.0279 e. The van der Waals surface area contributed by atoms with Gasteiger partial charge in [-0.3, -0.25) is 0 Å². The minimum Gasteiger partial charge on any atom is -0.0654 e. The van der Waals surface area contributed by atoms with Crippen molar-refractivity contribution in [3.05, 3.63) is 71.8 Å². The molecule has 0 heteroatoms.